The summed E-state index contributed by atoms with van der Waals surface area (Å²) in [7, 11) is 3.63. The number of ether oxygens (including phenoxy) is 1. The second-order valence-electron chi connectivity index (χ2n) is 3.04. The smallest absolute Gasteiger partial charge is 0.124 e. The first-order chi connectivity index (χ1) is 6.27. The molecule has 0 amide bonds. The van der Waals surface area contributed by atoms with Crippen LogP contribution in [0.5, 0.6) is 0 Å². The Morgan fingerprint density at radius 3 is 2.92 bits per heavy atom. The number of hydrogen-bond donors (Lipinski definition) is 1. The lowest BCUT2D eigenvalue weighted by Gasteiger charge is -2.16. The maximum absolute atomic E-state index is 5.09. The minimum atomic E-state index is 0.361. The van der Waals surface area contributed by atoms with Gasteiger partial charge in [0.15, 0.2) is 0 Å². The SMILES string of the molecule is CCC(COC)Nc1ccnn1C. The summed E-state index contributed by atoms with van der Waals surface area (Å²) in [5.74, 6) is 1.03. The lowest BCUT2D eigenvalue weighted by atomic mass is 10.2. The van der Waals surface area contributed by atoms with Crippen LogP contribution in [-0.2, 0) is 11.8 Å². The van der Waals surface area contributed by atoms with Gasteiger partial charge in [0.1, 0.15) is 5.82 Å². The van der Waals surface area contributed by atoms with Gasteiger partial charge in [0, 0.05) is 20.2 Å². The number of rotatable bonds is 5. The zero-order valence-electron chi connectivity index (χ0n) is 8.45. The van der Waals surface area contributed by atoms with Crippen LogP contribution in [0.3, 0.4) is 0 Å². The average Bonchev–Trinajstić information content (AvgIpc) is 2.51. The van der Waals surface area contributed by atoms with Gasteiger partial charge in [-0.2, -0.15) is 5.10 Å². The third-order valence-corrected chi connectivity index (χ3v) is 2.03. The zero-order valence-corrected chi connectivity index (χ0v) is 8.45. The summed E-state index contributed by atoms with van der Waals surface area (Å²) in [5, 5.41) is 7.43. The van der Waals surface area contributed by atoms with Crippen molar-refractivity contribution in [3.05, 3.63) is 12.3 Å². The van der Waals surface area contributed by atoms with Gasteiger partial charge in [-0.25, -0.2) is 0 Å². The molecule has 1 atom stereocenters. The monoisotopic (exact) mass is 183 g/mol. The van der Waals surface area contributed by atoms with E-state index in [0.717, 1.165) is 18.8 Å². The van der Waals surface area contributed by atoms with E-state index in [4.69, 9.17) is 4.74 Å². The maximum atomic E-state index is 5.09. The van der Waals surface area contributed by atoms with Crippen molar-refractivity contribution >= 4 is 5.82 Å². The maximum Gasteiger partial charge on any atom is 0.124 e. The van der Waals surface area contributed by atoms with E-state index in [0.29, 0.717) is 6.04 Å². The summed E-state index contributed by atoms with van der Waals surface area (Å²) in [6.45, 7) is 2.86. The molecule has 1 rings (SSSR count). The molecule has 0 aromatic carbocycles. The third kappa shape index (κ3) is 2.73. The van der Waals surface area contributed by atoms with Gasteiger partial charge in [0.25, 0.3) is 0 Å². The molecule has 4 nitrogen and oxygen atoms in total. The minimum Gasteiger partial charge on any atom is -0.383 e. The molecule has 0 saturated heterocycles. The molecule has 4 heteroatoms. The number of nitrogens with zero attached hydrogens (tertiary/aromatic N) is 2. The Labute approximate surface area is 78.9 Å². The molecule has 1 unspecified atom stereocenters. The Hall–Kier alpha value is -1.03. The van der Waals surface area contributed by atoms with E-state index in [9.17, 15) is 0 Å². The number of methoxy groups -OCH3 is 1. The molecule has 0 aliphatic carbocycles. The summed E-state index contributed by atoms with van der Waals surface area (Å²) in [5.41, 5.74) is 0. The van der Waals surface area contributed by atoms with E-state index in [2.05, 4.69) is 17.3 Å². The Balaban J connectivity index is 2.51. The Kier molecular flexibility index (Phi) is 3.76. The Bertz CT molecular complexity index is 247. The van der Waals surface area contributed by atoms with Crippen LogP contribution in [0.25, 0.3) is 0 Å². The van der Waals surface area contributed by atoms with Crippen LogP contribution in [0.2, 0.25) is 0 Å². The normalized spacial score (nSPS) is 12.8. The van der Waals surface area contributed by atoms with E-state index in [1.807, 2.05) is 17.8 Å². The first-order valence-electron chi connectivity index (χ1n) is 4.51. The second kappa shape index (κ2) is 4.87. The first kappa shape index (κ1) is 10.1. The number of nitrogens with one attached hydrogen (secondary N) is 1. The highest BCUT2D eigenvalue weighted by molar-refractivity contribution is 5.34. The molecule has 0 saturated carbocycles. The summed E-state index contributed by atoms with van der Waals surface area (Å²) in [6.07, 6.45) is 2.82. The average molecular weight is 183 g/mol. The number of hydrogen-bond acceptors (Lipinski definition) is 3. The zero-order chi connectivity index (χ0) is 9.68. The number of aryl methyl sites for hydroxylation is 1. The van der Waals surface area contributed by atoms with Crippen molar-refractivity contribution in [3.8, 4) is 0 Å². The highest BCUT2D eigenvalue weighted by atomic mass is 16.5. The molecule has 0 aliphatic heterocycles. The molecule has 0 aliphatic rings. The number of aromatic nitrogens is 2. The van der Waals surface area contributed by atoms with Gasteiger partial charge in [-0.3, -0.25) is 4.68 Å². The standard InChI is InChI=1S/C9H17N3O/c1-4-8(7-13-3)11-9-5-6-10-12(9)2/h5-6,8,11H,4,7H2,1-3H3. The Morgan fingerprint density at radius 2 is 2.46 bits per heavy atom. The molecule has 1 heterocycles. The highest BCUT2D eigenvalue weighted by Crippen LogP contribution is 2.07. The molecule has 1 N–H and O–H groups in total. The second-order valence-corrected chi connectivity index (χ2v) is 3.04. The van der Waals surface area contributed by atoms with E-state index >= 15 is 0 Å². The molecular weight excluding hydrogens is 166 g/mol. The van der Waals surface area contributed by atoms with Crippen LogP contribution in [0.4, 0.5) is 5.82 Å². The van der Waals surface area contributed by atoms with Gasteiger partial charge in [0.2, 0.25) is 0 Å². The summed E-state index contributed by atoms with van der Waals surface area (Å²) in [6, 6.07) is 2.32. The fraction of sp³-hybridized carbons (Fsp3) is 0.667. The van der Waals surface area contributed by atoms with Gasteiger partial charge in [-0.15, -0.1) is 0 Å². The molecule has 1 aromatic heterocycles. The van der Waals surface area contributed by atoms with Crippen molar-refractivity contribution < 1.29 is 4.74 Å². The van der Waals surface area contributed by atoms with Gasteiger partial charge in [-0.1, -0.05) is 6.92 Å². The summed E-state index contributed by atoms with van der Waals surface area (Å²) < 4.78 is 6.91. The summed E-state index contributed by atoms with van der Waals surface area (Å²) in [4.78, 5) is 0. The lowest BCUT2D eigenvalue weighted by molar-refractivity contribution is 0.184. The molecule has 13 heavy (non-hydrogen) atoms. The van der Waals surface area contributed by atoms with Crippen LogP contribution < -0.4 is 5.32 Å². The predicted molar refractivity (Wildman–Crippen MR) is 52.8 cm³/mol. The molecule has 0 radical (unpaired) electrons. The van der Waals surface area contributed by atoms with Crippen molar-refractivity contribution in [1.29, 1.82) is 0 Å². The van der Waals surface area contributed by atoms with E-state index in [1.54, 1.807) is 13.3 Å². The van der Waals surface area contributed by atoms with Crippen LogP contribution in [-0.4, -0.2) is 29.5 Å². The fourth-order valence-electron chi connectivity index (χ4n) is 1.19. The van der Waals surface area contributed by atoms with Crippen molar-refractivity contribution in [1.82, 2.24) is 9.78 Å². The van der Waals surface area contributed by atoms with Crippen molar-refractivity contribution in [2.24, 2.45) is 7.05 Å². The van der Waals surface area contributed by atoms with Gasteiger partial charge in [-0.05, 0) is 6.42 Å². The highest BCUT2D eigenvalue weighted by Gasteiger charge is 2.06. The third-order valence-electron chi connectivity index (χ3n) is 2.03. The fourth-order valence-corrected chi connectivity index (χ4v) is 1.19. The van der Waals surface area contributed by atoms with E-state index in [1.165, 1.54) is 0 Å². The molecule has 0 bridgehead atoms. The predicted octanol–water partition coefficient (Wildman–Crippen LogP) is 1.26. The topological polar surface area (TPSA) is 39.1 Å². The van der Waals surface area contributed by atoms with Crippen molar-refractivity contribution in [2.75, 3.05) is 19.0 Å². The molecular formula is C9H17N3O. The van der Waals surface area contributed by atoms with Gasteiger partial charge < -0.3 is 10.1 Å². The molecule has 0 spiro atoms. The summed E-state index contributed by atoms with van der Waals surface area (Å²) >= 11 is 0. The molecule has 1 aromatic rings. The van der Waals surface area contributed by atoms with Crippen molar-refractivity contribution in [3.63, 3.8) is 0 Å². The lowest BCUT2D eigenvalue weighted by Crippen LogP contribution is -2.25. The number of anilines is 1. The van der Waals surface area contributed by atoms with E-state index < -0.39 is 0 Å². The molecule has 74 valence electrons. The largest absolute Gasteiger partial charge is 0.383 e. The van der Waals surface area contributed by atoms with Crippen LogP contribution in [0.1, 0.15) is 13.3 Å². The molecule has 0 fully saturated rings. The minimum absolute atomic E-state index is 0.361. The first-order valence-corrected chi connectivity index (χ1v) is 4.51. The van der Waals surface area contributed by atoms with Crippen molar-refractivity contribution in [2.45, 2.75) is 19.4 Å². The van der Waals surface area contributed by atoms with Gasteiger partial charge >= 0.3 is 0 Å². The van der Waals surface area contributed by atoms with Gasteiger partial charge in [0.05, 0.1) is 18.8 Å². The van der Waals surface area contributed by atoms with Crippen LogP contribution >= 0.6 is 0 Å². The Morgan fingerprint density at radius 1 is 1.69 bits per heavy atom. The van der Waals surface area contributed by atoms with E-state index in [-0.39, 0.29) is 0 Å². The quantitative estimate of drug-likeness (QED) is 0.747. The van der Waals surface area contributed by atoms with Crippen LogP contribution in [0, 0.1) is 0 Å². The van der Waals surface area contributed by atoms with Crippen LogP contribution in [0.15, 0.2) is 12.3 Å².